The van der Waals surface area contributed by atoms with Crippen LogP contribution < -0.4 is 11.1 Å². The van der Waals surface area contributed by atoms with Crippen LogP contribution >= 0.6 is 15.9 Å². The minimum absolute atomic E-state index is 0.00793. The van der Waals surface area contributed by atoms with Crippen LogP contribution in [-0.4, -0.2) is 18.5 Å². The fraction of sp³-hybridized carbons (Fsp3) is 0.417. The van der Waals surface area contributed by atoms with E-state index in [1.54, 1.807) is 6.07 Å². The zero-order valence-electron chi connectivity index (χ0n) is 9.53. The molecule has 1 rings (SSSR count). The lowest BCUT2D eigenvalue weighted by Crippen LogP contribution is -2.40. The first-order valence-electron chi connectivity index (χ1n) is 5.30. The van der Waals surface area contributed by atoms with E-state index in [1.165, 1.54) is 0 Å². The van der Waals surface area contributed by atoms with Crippen LogP contribution in [0.4, 0.5) is 0 Å². The first-order chi connectivity index (χ1) is 7.52. The van der Waals surface area contributed by atoms with Gasteiger partial charge in [0, 0.05) is 17.1 Å². The molecule has 0 radical (unpaired) electrons. The van der Waals surface area contributed by atoms with Gasteiger partial charge in [0.1, 0.15) is 0 Å². The Bertz CT molecular complexity index is 366. The van der Waals surface area contributed by atoms with Crippen LogP contribution in [0, 0.1) is 5.92 Å². The van der Waals surface area contributed by atoms with Gasteiger partial charge >= 0.3 is 0 Å². The number of hydrogen-bond acceptors (Lipinski definition) is 2. The van der Waals surface area contributed by atoms with Gasteiger partial charge in [-0.1, -0.05) is 26.0 Å². The molecule has 3 N–H and O–H groups in total. The monoisotopic (exact) mass is 284 g/mol. The number of rotatable bonds is 4. The Morgan fingerprint density at radius 1 is 1.44 bits per heavy atom. The molecule has 0 fully saturated rings. The second kappa shape index (κ2) is 6.01. The summed E-state index contributed by atoms with van der Waals surface area (Å²) in [6.45, 7) is 4.57. The van der Waals surface area contributed by atoms with Crippen LogP contribution in [-0.2, 0) is 0 Å². The fourth-order valence-corrected chi connectivity index (χ4v) is 1.65. The zero-order valence-corrected chi connectivity index (χ0v) is 11.1. The maximum absolute atomic E-state index is 11.8. The summed E-state index contributed by atoms with van der Waals surface area (Å²) < 4.78 is 0.797. The normalized spacial score (nSPS) is 12.6. The minimum Gasteiger partial charge on any atom is -0.350 e. The van der Waals surface area contributed by atoms with Crippen molar-refractivity contribution in [3.63, 3.8) is 0 Å². The maximum Gasteiger partial charge on any atom is 0.252 e. The van der Waals surface area contributed by atoms with Gasteiger partial charge in [-0.15, -0.1) is 0 Å². The minimum atomic E-state index is -0.0939. The molecule has 1 aromatic rings. The van der Waals surface area contributed by atoms with Gasteiger partial charge in [-0.05, 0) is 34.0 Å². The average Bonchev–Trinajstić information content (AvgIpc) is 2.25. The van der Waals surface area contributed by atoms with Crippen molar-refractivity contribution in [2.24, 2.45) is 11.7 Å². The second-order valence-electron chi connectivity index (χ2n) is 4.10. The van der Waals surface area contributed by atoms with Gasteiger partial charge in [0.05, 0.1) is 5.56 Å². The Hall–Kier alpha value is -0.870. The predicted octanol–water partition coefficient (Wildman–Crippen LogP) is 2.16. The van der Waals surface area contributed by atoms with Crippen LogP contribution in [0.3, 0.4) is 0 Å². The lowest BCUT2D eigenvalue weighted by atomic mass is 10.1. The Labute approximate surface area is 105 Å². The molecule has 0 aliphatic heterocycles. The van der Waals surface area contributed by atoms with Crippen molar-refractivity contribution in [3.05, 3.63) is 34.3 Å². The molecule has 0 spiro atoms. The first-order valence-corrected chi connectivity index (χ1v) is 6.10. The molecule has 0 saturated carbocycles. The van der Waals surface area contributed by atoms with Crippen LogP contribution in [0.5, 0.6) is 0 Å². The number of carbonyl (C=O) groups excluding carboxylic acids is 1. The third-order valence-corrected chi connectivity index (χ3v) is 3.16. The topological polar surface area (TPSA) is 55.1 Å². The largest absolute Gasteiger partial charge is 0.350 e. The molecule has 1 amide bonds. The summed E-state index contributed by atoms with van der Waals surface area (Å²) in [6.07, 6.45) is 0. The summed E-state index contributed by atoms with van der Waals surface area (Å²) in [6, 6.07) is 7.33. The summed E-state index contributed by atoms with van der Waals surface area (Å²) in [4.78, 5) is 11.8. The van der Waals surface area contributed by atoms with Crippen molar-refractivity contribution in [1.29, 1.82) is 0 Å². The fourth-order valence-electron chi connectivity index (χ4n) is 1.19. The summed E-state index contributed by atoms with van der Waals surface area (Å²) in [7, 11) is 0. The van der Waals surface area contributed by atoms with Gasteiger partial charge in [-0.25, -0.2) is 0 Å². The molecular formula is C12H17BrN2O. The standard InChI is InChI=1S/C12H17BrN2O/c1-8(2)11(14)7-15-12(16)9-5-3-4-6-10(9)13/h3-6,8,11H,7,14H2,1-2H3,(H,15,16). The van der Waals surface area contributed by atoms with Crippen molar-refractivity contribution in [2.75, 3.05) is 6.54 Å². The van der Waals surface area contributed by atoms with Gasteiger partial charge in [-0.2, -0.15) is 0 Å². The summed E-state index contributed by atoms with van der Waals surface area (Å²) in [5.74, 6) is 0.267. The highest BCUT2D eigenvalue weighted by Crippen LogP contribution is 2.15. The van der Waals surface area contributed by atoms with E-state index in [9.17, 15) is 4.79 Å². The predicted molar refractivity (Wildman–Crippen MR) is 69.3 cm³/mol. The molecule has 1 aromatic carbocycles. The van der Waals surface area contributed by atoms with Gasteiger partial charge in [0.2, 0.25) is 0 Å². The molecule has 4 heteroatoms. The summed E-state index contributed by atoms with van der Waals surface area (Å²) in [5, 5.41) is 2.83. The number of nitrogens with two attached hydrogens (primary N) is 1. The zero-order chi connectivity index (χ0) is 12.1. The van der Waals surface area contributed by atoms with Crippen LogP contribution in [0.15, 0.2) is 28.7 Å². The molecule has 0 bridgehead atoms. The summed E-state index contributed by atoms with van der Waals surface area (Å²) >= 11 is 3.34. The lowest BCUT2D eigenvalue weighted by molar-refractivity contribution is 0.0948. The highest BCUT2D eigenvalue weighted by Gasteiger charge is 2.12. The smallest absolute Gasteiger partial charge is 0.252 e. The van der Waals surface area contributed by atoms with Gasteiger partial charge in [0.25, 0.3) is 5.91 Å². The van der Waals surface area contributed by atoms with E-state index in [-0.39, 0.29) is 11.9 Å². The van der Waals surface area contributed by atoms with E-state index in [0.29, 0.717) is 18.0 Å². The van der Waals surface area contributed by atoms with E-state index in [4.69, 9.17) is 5.73 Å². The molecule has 3 nitrogen and oxygen atoms in total. The molecule has 88 valence electrons. The Morgan fingerprint density at radius 2 is 2.06 bits per heavy atom. The molecule has 0 saturated heterocycles. The lowest BCUT2D eigenvalue weighted by Gasteiger charge is -2.16. The van der Waals surface area contributed by atoms with Gasteiger partial charge in [0.15, 0.2) is 0 Å². The Morgan fingerprint density at radius 3 is 2.62 bits per heavy atom. The van der Waals surface area contributed by atoms with Crippen LogP contribution in [0.2, 0.25) is 0 Å². The summed E-state index contributed by atoms with van der Waals surface area (Å²) in [5.41, 5.74) is 6.49. The van der Waals surface area contributed by atoms with Crippen molar-refractivity contribution in [1.82, 2.24) is 5.32 Å². The average molecular weight is 285 g/mol. The van der Waals surface area contributed by atoms with Crippen LogP contribution in [0.25, 0.3) is 0 Å². The molecule has 0 aromatic heterocycles. The number of benzene rings is 1. The highest BCUT2D eigenvalue weighted by atomic mass is 79.9. The Balaban J connectivity index is 2.57. The van der Waals surface area contributed by atoms with Crippen LogP contribution in [0.1, 0.15) is 24.2 Å². The van der Waals surface area contributed by atoms with E-state index in [2.05, 4.69) is 21.2 Å². The Kier molecular flexibility index (Phi) is 4.96. The quantitative estimate of drug-likeness (QED) is 0.890. The molecule has 0 aliphatic carbocycles. The molecule has 0 heterocycles. The van der Waals surface area contributed by atoms with Gasteiger partial charge < -0.3 is 11.1 Å². The SMILES string of the molecule is CC(C)C(N)CNC(=O)c1ccccc1Br. The highest BCUT2D eigenvalue weighted by molar-refractivity contribution is 9.10. The van der Waals surface area contributed by atoms with E-state index in [1.807, 2.05) is 32.0 Å². The molecule has 1 unspecified atom stereocenters. The van der Waals surface area contributed by atoms with E-state index >= 15 is 0 Å². The first kappa shape index (κ1) is 13.2. The number of hydrogen-bond donors (Lipinski definition) is 2. The van der Waals surface area contributed by atoms with Crippen molar-refractivity contribution in [3.8, 4) is 0 Å². The number of halogens is 1. The third-order valence-electron chi connectivity index (χ3n) is 2.47. The third kappa shape index (κ3) is 3.61. The molecule has 0 aliphatic rings. The number of amides is 1. The van der Waals surface area contributed by atoms with Crippen molar-refractivity contribution >= 4 is 21.8 Å². The molecular weight excluding hydrogens is 268 g/mol. The number of nitrogens with one attached hydrogen (secondary N) is 1. The second-order valence-corrected chi connectivity index (χ2v) is 4.95. The molecule has 16 heavy (non-hydrogen) atoms. The van der Waals surface area contributed by atoms with Gasteiger partial charge in [-0.3, -0.25) is 4.79 Å². The van der Waals surface area contributed by atoms with E-state index < -0.39 is 0 Å². The van der Waals surface area contributed by atoms with Crippen molar-refractivity contribution < 1.29 is 4.79 Å². The van der Waals surface area contributed by atoms with Crippen molar-refractivity contribution in [2.45, 2.75) is 19.9 Å². The van der Waals surface area contributed by atoms with E-state index in [0.717, 1.165) is 4.47 Å². The molecule has 1 atom stereocenters. The maximum atomic E-state index is 11.8. The number of carbonyl (C=O) groups is 1.